The molecule has 8 nitrogen and oxygen atoms in total. The Balaban J connectivity index is 1.45. The van der Waals surface area contributed by atoms with Gasteiger partial charge in [-0.15, -0.1) is 0 Å². The summed E-state index contributed by atoms with van der Waals surface area (Å²) in [5.74, 6) is 1.25. The number of nitrogens with zero attached hydrogens (tertiary/aromatic N) is 5. The number of benzene rings is 3. The Morgan fingerprint density at radius 1 is 0.952 bits per heavy atom. The van der Waals surface area contributed by atoms with E-state index in [0.717, 1.165) is 50.7 Å². The summed E-state index contributed by atoms with van der Waals surface area (Å²) in [6.45, 7) is 6.88. The molecule has 0 aliphatic heterocycles. The van der Waals surface area contributed by atoms with Crippen molar-refractivity contribution in [1.29, 1.82) is 0 Å². The van der Waals surface area contributed by atoms with Gasteiger partial charge in [-0.2, -0.15) is 19.7 Å². The Kier molecular flexibility index (Phi) is 7.50. The molecule has 9 heteroatoms. The second-order valence-electron chi connectivity index (χ2n) is 10.5. The fraction of sp³-hybridized carbons (Fsp3) is 0.182. The monoisotopic (exact) mass is 575 g/mol. The van der Waals surface area contributed by atoms with Crippen molar-refractivity contribution in [1.82, 2.24) is 24.4 Å². The molecule has 6 aromatic rings. The van der Waals surface area contributed by atoms with Gasteiger partial charge in [0.25, 0.3) is 11.1 Å². The first-order chi connectivity index (χ1) is 20.4. The topological polar surface area (TPSA) is 91.4 Å². The molecule has 0 aliphatic carbocycles. The van der Waals surface area contributed by atoms with Gasteiger partial charge in [0.2, 0.25) is 4.96 Å². The van der Waals surface area contributed by atoms with Crippen LogP contribution < -0.4 is 20.4 Å². The zero-order valence-electron chi connectivity index (χ0n) is 23.5. The van der Waals surface area contributed by atoms with Crippen molar-refractivity contribution >= 4 is 22.4 Å². The van der Waals surface area contributed by atoms with Crippen LogP contribution in [-0.2, 0) is 6.42 Å². The first-order valence-electron chi connectivity index (χ1n) is 13.7. The molecule has 0 unspecified atom stereocenters. The van der Waals surface area contributed by atoms with Gasteiger partial charge in [-0.25, -0.2) is 4.68 Å². The van der Waals surface area contributed by atoms with E-state index in [9.17, 15) is 9.59 Å². The average molecular weight is 576 g/mol. The highest BCUT2D eigenvalue weighted by molar-refractivity contribution is 7.15. The first-order valence-corrected chi connectivity index (χ1v) is 14.5. The molecular weight excluding hydrogens is 546 g/mol. The molecule has 3 aromatic heterocycles. The number of fused-ring (bicyclic) bond motifs is 1. The maximum atomic E-state index is 13.5. The third-order valence-corrected chi connectivity index (χ3v) is 7.69. The lowest BCUT2D eigenvalue weighted by molar-refractivity contribution is 0.269. The van der Waals surface area contributed by atoms with Gasteiger partial charge in [0.05, 0.1) is 16.8 Å². The van der Waals surface area contributed by atoms with Gasteiger partial charge in [-0.1, -0.05) is 73.7 Å². The highest BCUT2D eigenvalue weighted by Crippen LogP contribution is 2.29. The number of aromatic nitrogens is 5. The summed E-state index contributed by atoms with van der Waals surface area (Å²) in [6, 6.07) is 25.3. The largest absolute Gasteiger partial charge is 0.493 e. The maximum Gasteiger partial charge on any atom is 0.296 e. The smallest absolute Gasteiger partial charge is 0.296 e. The van der Waals surface area contributed by atoms with Crippen LogP contribution >= 0.6 is 11.3 Å². The molecule has 0 atom stereocenters. The van der Waals surface area contributed by atoms with Crippen LogP contribution in [0.25, 0.3) is 28.0 Å². The van der Waals surface area contributed by atoms with E-state index in [1.54, 1.807) is 10.8 Å². The molecule has 3 aromatic carbocycles. The number of para-hydroxylation sites is 1. The van der Waals surface area contributed by atoms with Crippen molar-refractivity contribution < 1.29 is 4.74 Å². The van der Waals surface area contributed by atoms with E-state index in [-0.39, 0.29) is 16.2 Å². The van der Waals surface area contributed by atoms with E-state index in [1.807, 2.05) is 92.0 Å². The molecule has 0 radical (unpaired) electrons. The molecule has 0 bridgehead atoms. The van der Waals surface area contributed by atoms with Crippen molar-refractivity contribution in [2.75, 3.05) is 6.61 Å². The van der Waals surface area contributed by atoms with E-state index in [4.69, 9.17) is 9.84 Å². The molecule has 0 spiro atoms. The SMILES string of the molecule is Cc1cc(-c2nn(-c3ccccc3)cc2C=c2sc3nc(=O)c(Cc4ccccc4)nn3c2=O)ccc1OCC(C)C. The van der Waals surface area contributed by atoms with Crippen LogP contribution in [0.3, 0.4) is 0 Å². The van der Waals surface area contributed by atoms with Crippen molar-refractivity contribution in [3.8, 4) is 22.7 Å². The molecule has 3 heterocycles. The predicted molar refractivity (Wildman–Crippen MR) is 166 cm³/mol. The molecular formula is C33H29N5O3S. The van der Waals surface area contributed by atoms with Crippen molar-refractivity contribution in [3.05, 3.63) is 133 Å². The van der Waals surface area contributed by atoms with Gasteiger partial charge >= 0.3 is 0 Å². The molecule has 0 saturated carbocycles. The van der Waals surface area contributed by atoms with Crippen LogP contribution in [0.5, 0.6) is 5.75 Å². The average Bonchev–Trinajstić information content (AvgIpc) is 3.54. The van der Waals surface area contributed by atoms with E-state index in [1.165, 1.54) is 4.52 Å². The standard InChI is InChI=1S/C33H29N5O3S/c1-21(2)20-41-28-15-14-24(16-22(28)3)30-25(19-37(36-30)26-12-8-5-9-13-26)18-29-32(40)38-33(42-29)34-31(39)27(35-38)17-23-10-6-4-7-11-23/h4-16,18-19,21H,17,20H2,1-3H3. The van der Waals surface area contributed by atoms with Gasteiger partial charge in [0.1, 0.15) is 17.1 Å². The summed E-state index contributed by atoms with van der Waals surface area (Å²) < 4.78 is 9.42. The number of ether oxygens (including phenoxy) is 1. The Morgan fingerprint density at radius 3 is 2.40 bits per heavy atom. The minimum atomic E-state index is -0.431. The lowest BCUT2D eigenvalue weighted by Gasteiger charge is -2.12. The van der Waals surface area contributed by atoms with E-state index in [2.05, 4.69) is 23.9 Å². The van der Waals surface area contributed by atoms with Crippen LogP contribution in [0.4, 0.5) is 0 Å². The third kappa shape index (κ3) is 5.64. The lowest BCUT2D eigenvalue weighted by Crippen LogP contribution is -2.28. The highest BCUT2D eigenvalue weighted by Gasteiger charge is 2.16. The predicted octanol–water partition coefficient (Wildman–Crippen LogP) is 4.85. The molecule has 6 rings (SSSR count). The molecule has 0 amide bonds. The number of rotatable bonds is 8. The summed E-state index contributed by atoms with van der Waals surface area (Å²) in [5, 5.41) is 9.31. The number of thiazole rings is 1. The second-order valence-corrected chi connectivity index (χ2v) is 11.5. The second kappa shape index (κ2) is 11.5. The van der Waals surface area contributed by atoms with E-state index >= 15 is 0 Å². The fourth-order valence-electron chi connectivity index (χ4n) is 4.63. The lowest BCUT2D eigenvalue weighted by atomic mass is 10.0. The molecule has 0 N–H and O–H groups in total. The quantitative estimate of drug-likeness (QED) is 0.258. The van der Waals surface area contributed by atoms with Crippen LogP contribution in [0.15, 0.2) is 94.6 Å². The zero-order valence-corrected chi connectivity index (χ0v) is 24.3. The Labute approximate surface area is 246 Å². The Hall–Kier alpha value is -4.89. The number of hydrogen-bond donors (Lipinski definition) is 0. The van der Waals surface area contributed by atoms with Gasteiger partial charge in [-0.05, 0) is 60.4 Å². The van der Waals surface area contributed by atoms with Crippen LogP contribution in [-0.4, -0.2) is 31.0 Å². The molecule has 0 saturated heterocycles. The van der Waals surface area contributed by atoms with Crippen molar-refractivity contribution in [2.24, 2.45) is 5.92 Å². The maximum absolute atomic E-state index is 13.5. The minimum absolute atomic E-state index is 0.230. The minimum Gasteiger partial charge on any atom is -0.493 e. The van der Waals surface area contributed by atoms with E-state index in [0.29, 0.717) is 23.5 Å². The van der Waals surface area contributed by atoms with Gasteiger partial charge in [0.15, 0.2) is 0 Å². The third-order valence-electron chi connectivity index (χ3n) is 6.74. The highest BCUT2D eigenvalue weighted by atomic mass is 32.1. The molecule has 0 fully saturated rings. The summed E-state index contributed by atoms with van der Waals surface area (Å²) in [6.07, 6.45) is 4.00. The summed E-state index contributed by atoms with van der Waals surface area (Å²) >= 11 is 1.14. The summed E-state index contributed by atoms with van der Waals surface area (Å²) in [5.41, 5.74) is 4.65. The fourth-order valence-corrected chi connectivity index (χ4v) is 5.52. The van der Waals surface area contributed by atoms with E-state index < -0.39 is 5.56 Å². The van der Waals surface area contributed by atoms with Crippen LogP contribution in [0.1, 0.15) is 36.2 Å². The Morgan fingerprint density at radius 2 is 1.69 bits per heavy atom. The zero-order chi connectivity index (χ0) is 29.2. The van der Waals surface area contributed by atoms with Crippen LogP contribution in [0.2, 0.25) is 0 Å². The number of aryl methyl sites for hydroxylation is 1. The number of hydrogen-bond acceptors (Lipinski definition) is 7. The summed E-state index contributed by atoms with van der Waals surface area (Å²) in [7, 11) is 0. The molecule has 42 heavy (non-hydrogen) atoms. The normalized spacial score (nSPS) is 12.0. The van der Waals surface area contributed by atoms with Crippen LogP contribution in [0, 0.1) is 12.8 Å². The first kappa shape index (κ1) is 27.3. The van der Waals surface area contributed by atoms with Gasteiger partial charge in [0, 0.05) is 23.7 Å². The van der Waals surface area contributed by atoms with Gasteiger partial charge < -0.3 is 4.74 Å². The Bertz CT molecular complexity index is 2050. The van der Waals surface area contributed by atoms with Crippen molar-refractivity contribution in [2.45, 2.75) is 27.2 Å². The molecule has 0 aliphatic rings. The van der Waals surface area contributed by atoms with Crippen molar-refractivity contribution in [3.63, 3.8) is 0 Å². The molecule has 210 valence electrons. The van der Waals surface area contributed by atoms with Gasteiger partial charge in [-0.3, -0.25) is 9.59 Å². The summed E-state index contributed by atoms with van der Waals surface area (Å²) in [4.78, 5) is 30.7.